The number of amides is 1. The van der Waals surface area contributed by atoms with Crippen LogP contribution in [0, 0.1) is 12.3 Å². The molecule has 0 unspecified atom stereocenters. The molecule has 0 atom stereocenters. The molecule has 0 N–H and O–H groups in total. The predicted molar refractivity (Wildman–Crippen MR) is 87.7 cm³/mol. The van der Waals surface area contributed by atoms with Crippen LogP contribution in [0.5, 0.6) is 0 Å². The molecule has 0 saturated carbocycles. The number of nitrogens with zero attached hydrogens (tertiary/aromatic N) is 5. The third kappa shape index (κ3) is 3.62. The largest absolute Gasteiger partial charge is 0.306 e. The molecule has 0 spiro atoms. The lowest BCUT2D eigenvalue weighted by molar-refractivity contribution is -0.119. The van der Waals surface area contributed by atoms with Crippen molar-refractivity contribution in [2.45, 2.75) is 13.1 Å². The highest BCUT2D eigenvalue weighted by Gasteiger charge is 2.18. The Balaban J connectivity index is 1.89. The molecule has 23 heavy (non-hydrogen) atoms. The summed E-state index contributed by atoms with van der Waals surface area (Å²) in [4.78, 5) is 15.5. The summed E-state index contributed by atoms with van der Waals surface area (Å²) < 4.78 is 1.40. The lowest BCUT2D eigenvalue weighted by atomic mass is 10.2. The number of benzene rings is 1. The zero-order valence-corrected chi connectivity index (χ0v) is 13.0. The molecule has 114 valence electrons. The Bertz CT molecular complexity index is 821. The number of anilines is 1. The van der Waals surface area contributed by atoms with E-state index in [1.165, 1.54) is 11.0 Å². The Morgan fingerprint density at radius 1 is 1.35 bits per heavy atom. The third-order valence-electron chi connectivity index (χ3n) is 3.21. The first kappa shape index (κ1) is 14.9. The number of hydrogen-bond donors (Lipinski definition) is 0. The van der Waals surface area contributed by atoms with Gasteiger partial charge in [0, 0.05) is 16.1 Å². The lowest BCUT2D eigenvalue weighted by Gasteiger charge is -2.22. The molecule has 0 bridgehead atoms. The number of carbonyl (C=O) groups is 1. The number of hydrogen-bond acceptors (Lipinski definition) is 5. The van der Waals surface area contributed by atoms with Crippen LogP contribution in [0.1, 0.15) is 10.4 Å². The fourth-order valence-corrected chi connectivity index (χ4v) is 2.81. The quantitative estimate of drug-likeness (QED) is 0.673. The van der Waals surface area contributed by atoms with Gasteiger partial charge in [0.25, 0.3) is 0 Å². The number of aromatic nitrogens is 4. The number of terminal acetylenes is 1. The molecule has 0 saturated heterocycles. The van der Waals surface area contributed by atoms with Gasteiger partial charge in [-0.2, -0.15) is 0 Å². The summed E-state index contributed by atoms with van der Waals surface area (Å²) in [7, 11) is 0. The summed E-state index contributed by atoms with van der Waals surface area (Å²) >= 11 is 1.60. The molecule has 3 aromatic rings. The highest BCUT2D eigenvalue weighted by molar-refractivity contribution is 7.09. The van der Waals surface area contributed by atoms with Crippen LogP contribution in [0.4, 0.5) is 5.69 Å². The van der Waals surface area contributed by atoms with Crippen molar-refractivity contribution in [1.82, 2.24) is 20.2 Å². The van der Waals surface area contributed by atoms with E-state index in [0.717, 1.165) is 16.1 Å². The first-order valence-corrected chi connectivity index (χ1v) is 7.74. The van der Waals surface area contributed by atoms with Gasteiger partial charge in [0.1, 0.15) is 12.9 Å². The summed E-state index contributed by atoms with van der Waals surface area (Å²) in [5.41, 5.74) is 1.49. The third-order valence-corrected chi connectivity index (χ3v) is 4.07. The second kappa shape index (κ2) is 6.85. The van der Waals surface area contributed by atoms with E-state index in [1.807, 2.05) is 41.8 Å². The molecule has 1 aromatic carbocycles. The van der Waals surface area contributed by atoms with Crippen LogP contribution in [-0.2, 0) is 17.9 Å². The number of tetrazole rings is 1. The summed E-state index contributed by atoms with van der Waals surface area (Å²) in [6.07, 6.45) is 6.87. The van der Waals surface area contributed by atoms with E-state index in [1.54, 1.807) is 16.2 Å². The van der Waals surface area contributed by atoms with Gasteiger partial charge < -0.3 is 4.90 Å². The minimum atomic E-state index is -0.111. The molecule has 0 aliphatic rings. The maximum absolute atomic E-state index is 12.7. The average Bonchev–Trinajstić information content (AvgIpc) is 3.26. The number of carbonyl (C=O) groups excluding carboxylic acids is 1. The second-order valence-electron chi connectivity index (χ2n) is 4.76. The van der Waals surface area contributed by atoms with Gasteiger partial charge in [-0.3, -0.25) is 4.79 Å². The Kier molecular flexibility index (Phi) is 4.45. The van der Waals surface area contributed by atoms with Gasteiger partial charge in [-0.1, -0.05) is 18.1 Å². The zero-order valence-electron chi connectivity index (χ0n) is 12.2. The molecule has 2 aromatic heterocycles. The fraction of sp³-hybridized carbons (Fsp3) is 0.125. The van der Waals surface area contributed by atoms with Crippen LogP contribution in [0.15, 0.2) is 48.1 Å². The van der Waals surface area contributed by atoms with Crippen molar-refractivity contribution < 1.29 is 4.79 Å². The first-order chi connectivity index (χ1) is 11.3. The van der Waals surface area contributed by atoms with E-state index in [0.29, 0.717) is 6.54 Å². The molecule has 1 amide bonds. The second-order valence-corrected chi connectivity index (χ2v) is 5.79. The standard InChI is InChI=1S/C16H13N5OS/c1-2-13-5-3-6-14(9-13)21(10-15-7-4-8-23-15)16(22)11-20-12-17-18-19-20/h1,3-9,12H,10-11H2. The van der Waals surface area contributed by atoms with Crippen molar-refractivity contribution in [2.24, 2.45) is 0 Å². The Labute approximate surface area is 137 Å². The highest BCUT2D eigenvalue weighted by Crippen LogP contribution is 2.21. The molecular formula is C16H13N5OS. The molecule has 0 aliphatic carbocycles. The minimum Gasteiger partial charge on any atom is -0.306 e. The molecule has 3 rings (SSSR count). The topological polar surface area (TPSA) is 63.9 Å². The summed E-state index contributed by atoms with van der Waals surface area (Å²) in [6.45, 7) is 0.547. The van der Waals surface area contributed by atoms with E-state index < -0.39 is 0 Å². The molecule has 0 radical (unpaired) electrons. The first-order valence-electron chi connectivity index (χ1n) is 6.86. The van der Waals surface area contributed by atoms with Gasteiger partial charge in [-0.15, -0.1) is 22.9 Å². The highest BCUT2D eigenvalue weighted by atomic mass is 32.1. The van der Waals surface area contributed by atoms with Gasteiger partial charge in [0.2, 0.25) is 5.91 Å². The Morgan fingerprint density at radius 3 is 2.96 bits per heavy atom. The average molecular weight is 323 g/mol. The van der Waals surface area contributed by atoms with Crippen LogP contribution in [0.25, 0.3) is 0 Å². The maximum Gasteiger partial charge on any atom is 0.249 e. The van der Waals surface area contributed by atoms with Crippen molar-refractivity contribution in [1.29, 1.82) is 0 Å². The normalized spacial score (nSPS) is 10.2. The van der Waals surface area contributed by atoms with Crippen molar-refractivity contribution >= 4 is 22.9 Å². The Morgan fingerprint density at radius 2 is 2.26 bits per heavy atom. The molecule has 6 nitrogen and oxygen atoms in total. The lowest BCUT2D eigenvalue weighted by Crippen LogP contribution is -2.33. The van der Waals surface area contributed by atoms with Crippen LogP contribution in [0.3, 0.4) is 0 Å². The van der Waals surface area contributed by atoms with Crippen molar-refractivity contribution in [3.63, 3.8) is 0 Å². The van der Waals surface area contributed by atoms with Gasteiger partial charge in [-0.05, 0) is 40.1 Å². The van der Waals surface area contributed by atoms with Crippen molar-refractivity contribution in [3.8, 4) is 12.3 Å². The SMILES string of the molecule is C#Cc1cccc(N(Cc2cccs2)C(=O)Cn2cnnn2)c1. The number of thiophene rings is 1. The van der Waals surface area contributed by atoms with Crippen molar-refractivity contribution in [2.75, 3.05) is 4.90 Å². The van der Waals surface area contributed by atoms with Gasteiger partial charge in [0.15, 0.2) is 0 Å². The summed E-state index contributed by atoms with van der Waals surface area (Å²) in [6, 6.07) is 11.3. The molecule has 0 aliphatic heterocycles. The van der Waals surface area contributed by atoms with Crippen LogP contribution in [-0.4, -0.2) is 26.1 Å². The van der Waals surface area contributed by atoms with E-state index in [4.69, 9.17) is 6.42 Å². The van der Waals surface area contributed by atoms with E-state index in [-0.39, 0.29) is 12.5 Å². The predicted octanol–water partition coefficient (Wildman–Crippen LogP) is 1.95. The fourth-order valence-electron chi connectivity index (χ4n) is 2.12. The van der Waals surface area contributed by atoms with E-state index in [2.05, 4.69) is 21.4 Å². The van der Waals surface area contributed by atoms with E-state index >= 15 is 0 Å². The molecule has 2 heterocycles. The summed E-state index contributed by atoms with van der Waals surface area (Å²) in [5, 5.41) is 12.8. The zero-order chi connectivity index (χ0) is 16.1. The molecule has 7 heteroatoms. The van der Waals surface area contributed by atoms with Crippen LogP contribution < -0.4 is 4.90 Å². The number of rotatable bonds is 5. The van der Waals surface area contributed by atoms with Crippen LogP contribution in [0.2, 0.25) is 0 Å². The minimum absolute atomic E-state index is 0.0681. The van der Waals surface area contributed by atoms with Gasteiger partial charge in [0.05, 0.1) is 6.54 Å². The van der Waals surface area contributed by atoms with Gasteiger partial charge >= 0.3 is 0 Å². The molecular weight excluding hydrogens is 310 g/mol. The van der Waals surface area contributed by atoms with Gasteiger partial charge in [-0.25, -0.2) is 4.68 Å². The Hall–Kier alpha value is -2.98. The van der Waals surface area contributed by atoms with Crippen LogP contribution >= 0.6 is 11.3 Å². The smallest absolute Gasteiger partial charge is 0.249 e. The molecule has 0 fully saturated rings. The van der Waals surface area contributed by atoms with Crippen molar-refractivity contribution in [3.05, 3.63) is 58.5 Å². The van der Waals surface area contributed by atoms with E-state index in [9.17, 15) is 4.79 Å². The monoisotopic (exact) mass is 323 g/mol. The maximum atomic E-state index is 12.7. The summed E-state index contributed by atoms with van der Waals surface area (Å²) in [5.74, 6) is 2.48.